The van der Waals surface area contributed by atoms with Crippen LogP contribution in [0.15, 0.2) is 63.4 Å². The molecule has 0 radical (unpaired) electrons. The Morgan fingerprint density at radius 2 is 2.18 bits per heavy atom. The van der Waals surface area contributed by atoms with Gasteiger partial charge in [-0.05, 0) is 55.5 Å². The molecule has 0 fully saturated rings. The van der Waals surface area contributed by atoms with Crippen LogP contribution in [0.1, 0.15) is 35.9 Å². The summed E-state index contributed by atoms with van der Waals surface area (Å²) in [5, 5.41) is 12.3. The van der Waals surface area contributed by atoms with Crippen LogP contribution in [0.5, 0.6) is 11.5 Å². The maximum atomic E-state index is 13.6. The minimum absolute atomic E-state index is 0.0495. The number of phenols is 1. The van der Waals surface area contributed by atoms with E-state index in [1.54, 1.807) is 42.7 Å². The number of nitrogens with zero attached hydrogens (tertiary/aromatic N) is 2. The van der Waals surface area contributed by atoms with Gasteiger partial charge in [0.2, 0.25) is 0 Å². The van der Waals surface area contributed by atoms with E-state index in [2.05, 4.69) is 11.6 Å². The van der Waals surface area contributed by atoms with Crippen LogP contribution in [0.4, 0.5) is 0 Å². The highest BCUT2D eigenvalue weighted by atomic mass is 32.1. The summed E-state index contributed by atoms with van der Waals surface area (Å²) in [5.41, 5.74) is 1.98. The number of phenolic OH excluding ortho intramolecular Hbond substituents is 1. The van der Waals surface area contributed by atoms with Crippen LogP contribution < -0.4 is 19.6 Å². The van der Waals surface area contributed by atoms with Crippen molar-refractivity contribution in [2.45, 2.75) is 26.3 Å². The lowest BCUT2D eigenvalue weighted by molar-refractivity contribution is -0.139. The molecule has 1 aliphatic heterocycles. The first-order valence-corrected chi connectivity index (χ1v) is 12.3. The molecule has 1 aromatic carbocycles. The lowest BCUT2D eigenvalue weighted by atomic mass is 10.0. The third-order valence-electron chi connectivity index (χ3n) is 5.39. The van der Waals surface area contributed by atoms with Crippen molar-refractivity contribution in [2.24, 2.45) is 4.99 Å². The number of aromatic nitrogens is 1. The molecule has 3 aromatic rings. The minimum atomic E-state index is -0.608. The van der Waals surface area contributed by atoms with Gasteiger partial charge >= 0.3 is 5.97 Å². The van der Waals surface area contributed by atoms with Gasteiger partial charge in [0, 0.05) is 10.4 Å². The molecule has 0 saturated heterocycles. The summed E-state index contributed by atoms with van der Waals surface area (Å²) in [6, 6.07) is 6.65. The second-order valence-corrected chi connectivity index (χ2v) is 9.53. The van der Waals surface area contributed by atoms with Gasteiger partial charge < -0.3 is 14.6 Å². The van der Waals surface area contributed by atoms with Crippen molar-refractivity contribution in [3.8, 4) is 11.5 Å². The molecule has 0 saturated carbocycles. The fourth-order valence-corrected chi connectivity index (χ4v) is 5.77. The molecule has 1 aliphatic rings. The maximum Gasteiger partial charge on any atom is 0.338 e. The number of ether oxygens (including phenoxy) is 2. The summed E-state index contributed by atoms with van der Waals surface area (Å²) < 4.78 is 12.6. The van der Waals surface area contributed by atoms with E-state index in [4.69, 9.17) is 9.47 Å². The second kappa shape index (κ2) is 9.82. The number of thiophene rings is 1. The zero-order valence-electron chi connectivity index (χ0n) is 19.0. The van der Waals surface area contributed by atoms with Crippen LogP contribution in [-0.2, 0) is 16.0 Å². The number of allylic oxidation sites excluding steroid dienone is 2. The zero-order chi connectivity index (χ0) is 24.4. The zero-order valence-corrected chi connectivity index (χ0v) is 20.7. The van der Waals surface area contributed by atoms with Gasteiger partial charge in [-0.15, -0.1) is 17.9 Å². The number of aromatic hydroxyl groups is 1. The summed E-state index contributed by atoms with van der Waals surface area (Å²) >= 11 is 2.72. The molecule has 7 nitrogen and oxygen atoms in total. The lowest BCUT2D eigenvalue weighted by Gasteiger charge is -2.23. The Hall–Kier alpha value is -3.43. The molecule has 0 unspecified atom stereocenters. The Bertz CT molecular complexity index is 1460. The first-order chi connectivity index (χ1) is 16.4. The number of benzene rings is 1. The van der Waals surface area contributed by atoms with Crippen molar-refractivity contribution in [1.82, 2.24) is 4.57 Å². The van der Waals surface area contributed by atoms with E-state index in [0.717, 1.165) is 4.88 Å². The Kier molecular flexibility index (Phi) is 6.85. The molecule has 9 heteroatoms. The molecular formula is C25H24N2O5S2. The average molecular weight is 497 g/mol. The van der Waals surface area contributed by atoms with E-state index in [9.17, 15) is 14.7 Å². The monoisotopic (exact) mass is 496 g/mol. The highest BCUT2D eigenvalue weighted by molar-refractivity contribution is 7.10. The first-order valence-electron chi connectivity index (χ1n) is 10.6. The van der Waals surface area contributed by atoms with Gasteiger partial charge in [0.15, 0.2) is 16.3 Å². The van der Waals surface area contributed by atoms with Crippen LogP contribution in [0.2, 0.25) is 0 Å². The molecule has 1 atom stereocenters. The van der Waals surface area contributed by atoms with Crippen molar-refractivity contribution in [2.75, 3.05) is 13.7 Å². The van der Waals surface area contributed by atoms with E-state index in [1.807, 2.05) is 17.5 Å². The van der Waals surface area contributed by atoms with E-state index in [0.29, 0.717) is 43.9 Å². The largest absolute Gasteiger partial charge is 0.504 e. The fraction of sp³-hybridized carbons (Fsp3) is 0.240. The molecule has 176 valence electrons. The van der Waals surface area contributed by atoms with E-state index in [-0.39, 0.29) is 17.9 Å². The van der Waals surface area contributed by atoms with Gasteiger partial charge in [-0.3, -0.25) is 9.36 Å². The van der Waals surface area contributed by atoms with Crippen LogP contribution >= 0.6 is 22.7 Å². The molecule has 0 spiro atoms. The number of carbonyl (C=O) groups is 1. The molecule has 0 bridgehead atoms. The highest BCUT2D eigenvalue weighted by Crippen LogP contribution is 2.34. The number of rotatable bonds is 7. The number of fused-ring (bicyclic) bond motifs is 1. The van der Waals surface area contributed by atoms with E-state index in [1.165, 1.54) is 29.8 Å². The number of esters is 1. The molecule has 2 aromatic heterocycles. The Labute approximate surface area is 204 Å². The minimum Gasteiger partial charge on any atom is -0.504 e. The van der Waals surface area contributed by atoms with Crippen molar-refractivity contribution >= 4 is 34.7 Å². The van der Waals surface area contributed by atoms with Crippen molar-refractivity contribution < 1.29 is 19.4 Å². The first kappa shape index (κ1) is 23.7. The number of hydrogen-bond donors (Lipinski definition) is 1. The summed E-state index contributed by atoms with van der Waals surface area (Å²) in [5.74, 6) is -0.113. The van der Waals surface area contributed by atoms with Gasteiger partial charge in [-0.2, -0.15) is 0 Å². The van der Waals surface area contributed by atoms with Crippen molar-refractivity contribution in [3.05, 3.63) is 89.3 Å². The van der Waals surface area contributed by atoms with Crippen molar-refractivity contribution in [3.63, 3.8) is 0 Å². The summed E-state index contributed by atoms with van der Waals surface area (Å²) in [6.45, 7) is 7.47. The molecule has 0 aliphatic carbocycles. The lowest BCUT2D eigenvalue weighted by Crippen LogP contribution is -2.39. The van der Waals surface area contributed by atoms with E-state index < -0.39 is 12.0 Å². The smallest absolute Gasteiger partial charge is 0.338 e. The number of thiazole rings is 1. The van der Waals surface area contributed by atoms with Gasteiger partial charge in [0.25, 0.3) is 5.56 Å². The normalized spacial score (nSPS) is 15.6. The molecule has 1 N–H and O–H groups in total. The molecule has 0 amide bonds. The van der Waals surface area contributed by atoms with Gasteiger partial charge in [0.05, 0.1) is 29.5 Å². The Balaban J connectivity index is 1.92. The predicted molar refractivity (Wildman–Crippen MR) is 133 cm³/mol. The quantitative estimate of drug-likeness (QED) is 0.400. The van der Waals surface area contributed by atoms with Crippen molar-refractivity contribution in [1.29, 1.82) is 0 Å². The third-order valence-corrected chi connectivity index (χ3v) is 7.30. The topological polar surface area (TPSA) is 90.1 Å². The summed E-state index contributed by atoms with van der Waals surface area (Å²) in [4.78, 5) is 32.4. The average Bonchev–Trinajstić information content (AvgIpc) is 3.44. The van der Waals surface area contributed by atoms with Gasteiger partial charge in [-0.25, -0.2) is 9.79 Å². The molecular weight excluding hydrogens is 472 g/mol. The number of carbonyl (C=O) groups excluding carboxylic acids is 1. The predicted octanol–water partition coefficient (Wildman–Crippen LogP) is 3.30. The third kappa shape index (κ3) is 4.24. The SMILES string of the molecule is C=CCc1cc(/C=c2\sc3n(c2=O)[C@@H](c2cccs2)C(C(=O)OCC)=C(C)N=3)cc(OC)c1O. The maximum absolute atomic E-state index is 13.6. The van der Waals surface area contributed by atoms with Crippen LogP contribution in [0.25, 0.3) is 6.08 Å². The van der Waals surface area contributed by atoms with Crippen LogP contribution in [-0.4, -0.2) is 29.4 Å². The Morgan fingerprint density at radius 3 is 2.82 bits per heavy atom. The molecule has 34 heavy (non-hydrogen) atoms. The second-order valence-electron chi connectivity index (χ2n) is 7.54. The Morgan fingerprint density at radius 1 is 1.38 bits per heavy atom. The highest BCUT2D eigenvalue weighted by Gasteiger charge is 2.33. The van der Waals surface area contributed by atoms with Gasteiger partial charge in [-0.1, -0.05) is 23.5 Å². The summed E-state index contributed by atoms with van der Waals surface area (Å²) in [6.07, 6.45) is 3.88. The standard InChI is InChI=1S/C25H24N2O5S2/c1-5-8-16-11-15(12-17(31-4)22(16)28)13-19-23(29)27-21(18-9-7-10-33-18)20(24(30)32-6-2)14(3)26-25(27)34-19/h5,7,9-13,21,28H,1,6,8H2,2-4H3/b19-13-/t21-/m0/s1. The van der Waals surface area contributed by atoms with Crippen LogP contribution in [0.3, 0.4) is 0 Å². The summed E-state index contributed by atoms with van der Waals surface area (Å²) in [7, 11) is 1.48. The molecule has 3 heterocycles. The fourth-order valence-electron chi connectivity index (χ4n) is 3.90. The van der Waals surface area contributed by atoms with Crippen LogP contribution in [0, 0.1) is 0 Å². The number of methoxy groups -OCH3 is 1. The van der Waals surface area contributed by atoms with Gasteiger partial charge in [0.1, 0.15) is 6.04 Å². The number of hydrogen-bond acceptors (Lipinski definition) is 8. The van der Waals surface area contributed by atoms with E-state index >= 15 is 0 Å². The molecule has 4 rings (SSSR count).